The second-order valence-corrected chi connectivity index (χ2v) is 6.34. The average molecular weight is 276 g/mol. The smallest absolute Gasteiger partial charge is 0.269 e. The molecule has 0 bridgehead atoms. The summed E-state index contributed by atoms with van der Waals surface area (Å²) in [6.45, 7) is 8.72. The van der Waals surface area contributed by atoms with E-state index in [0.29, 0.717) is 5.92 Å². The lowest BCUT2D eigenvalue weighted by atomic mass is 9.77. The second-order valence-electron chi connectivity index (χ2n) is 6.34. The van der Waals surface area contributed by atoms with Crippen molar-refractivity contribution in [2.24, 2.45) is 16.5 Å². The van der Waals surface area contributed by atoms with Crippen molar-refractivity contribution < 1.29 is 9.76 Å². The van der Waals surface area contributed by atoms with E-state index in [0.717, 1.165) is 17.7 Å². The molecule has 20 heavy (non-hydrogen) atoms. The van der Waals surface area contributed by atoms with E-state index < -0.39 is 4.92 Å². The van der Waals surface area contributed by atoms with Crippen LogP contribution in [0.15, 0.2) is 29.4 Å². The highest BCUT2D eigenvalue weighted by molar-refractivity contribution is 6.01. The molecule has 0 unspecified atom stereocenters. The van der Waals surface area contributed by atoms with Gasteiger partial charge in [-0.15, -0.1) is 0 Å². The van der Waals surface area contributed by atoms with Crippen LogP contribution in [0.4, 0.5) is 5.69 Å². The molecule has 0 aromatic heterocycles. The molecule has 108 valence electrons. The summed E-state index contributed by atoms with van der Waals surface area (Å²) < 4.78 is 0. The Bertz CT molecular complexity index is 529. The fourth-order valence-corrected chi connectivity index (χ4v) is 2.17. The van der Waals surface area contributed by atoms with Gasteiger partial charge in [0.05, 0.1) is 10.6 Å². The normalized spacial score (nSPS) is 20.2. The highest BCUT2D eigenvalue weighted by Crippen LogP contribution is 2.34. The van der Waals surface area contributed by atoms with Gasteiger partial charge >= 0.3 is 0 Å². The minimum Gasteiger partial charge on any atom is -0.392 e. The predicted octanol–water partition coefficient (Wildman–Crippen LogP) is 3.77. The molecule has 0 fully saturated rings. The van der Waals surface area contributed by atoms with Gasteiger partial charge in [-0.1, -0.05) is 32.9 Å². The maximum Gasteiger partial charge on any atom is 0.269 e. The molecule has 0 aliphatic carbocycles. The van der Waals surface area contributed by atoms with E-state index in [2.05, 4.69) is 32.9 Å². The van der Waals surface area contributed by atoms with E-state index in [1.54, 1.807) is 12.1 Å². The van der Waals surface area contributed by atoms with Gasteiger partial charge in [0.2, 0.25) is 0 Å². The fraction of sp³-hybridized carbons (Fsp3) is 0.533. The van der Waals surface area contributed by atoms with Crippen LogP contribution in [0.5, 0.6) is 0 Å². The third kappa shape index (κ3) is 2.98. The first-order valence-corrected chi connectivity index (χ1v) is 6.76. The monoisotopic (exact) mass is 276 g/mol. The van der Waals surface area contributed by atoms with Crippen LogP contribution in [0, 0.1) is 21.4 Å². The number of oxime groups is 1. The van der Waals surface area contributed by atoms with Crippen LogP contribution in [0.25, 0.3) is 0 Å². The van der Waals surface area contributed by atoms with Crippen LogP contribution in [0.3, 0.4) is 0 Å². The van der Waals surface area contributed by atoms with Crippen molar-refractivity contribution >= 4 is 11.4 Å². The molecule has 0 saturated heterocycles. The van der Waals surface area contributed by atoms with E-state index in [4.69, 9.17) is 4.84 Å². The summed E-state index contributed by atoms with van der Waals surface area (Å²) in [6, 6.07) is 6.45. The molecule has 1 aromatic rings. The Morgan fingerprint density at radius 1 is 1.35 bits per heavy atom. The van der Waals surface area contributed by atoms with Gasteiger partial charge in [0.25, 0.3) is 5.69 Å². The number of hydrogen-bond donors (Lipinski definition) is 0. The summed E-state index contributed by atoms with van der Waals surface area (Å²) in [5.74, 6) is 0.377. The summed E-state index contributed by atoms with van der Waals surface area (Å²) in [6.07, 6.45) is 0.816. The van der Waals surface area contributed by atoms with Crippen LogP contribution in [-0.2, 0) is 4.84 Å². The van der Waals surface area contributed by atoms with Crippen molar-refractivity contribution in [3.05, 3.63) is 39.9 Å². The van der Waals surface area contributed by atoms with Gasteiger partial charge in [-0.3, -0.25) is 10.1 Å². The van der Waals surface area contributed by atoms with E-state index in [-0.39, 0.29) is 17.2 Å². The zero-order valence-electron chi connectivity index (χ0n) is 12.3. The molecule has 0 radical (unpaired) electrons. The molecular formula is C15H20N2O3. The van der Waals surface area contributed by atoms with E-state index in [1.807, 2.05) is 0 Å². The third-order valence-corrected chi connectivity index (χ3v) is 4.03. The fourth-order valence-electron chi connectivity index (χ4n) is 2.17. The van der Waals surface area contributed by atoms with Gasteiger partial charge in [0.15, 0.2) is 0 Å². The van der Waals surface area contributed by atoms with Crippen molar-refractivity contribution in [1.82, 2.24) is 0 Å². The lowest BCUT2D eigenvalue weighted by Crippen LogP contribution is -2.29. The van der Waals surface area contributed by atoms with Gasteiger partial charge in [-0.2, -0.15) is 0 Å². The van der Waals surface area contributed by atoms with E-state index in [9.17, 15) is 10.1 Å². The first-order chi connectivity index (χ1) is 9.29. The summed E-state index contributed by atoms with van der Waals surface area (Å²) in [7, 11) is 0. The van der Waals surface area contributed by atoms with Crippen LogP contribution >= 0.6 is 0 Å². The zero-order valence-corrected chi connectivity index (χ0v) is 12.3. The molecule has 5 heteroatoms. The molecule has 1 heterocycles. The highest BCUT2D eigenvalue weighted by atomic mass is 16.6. The Hall–Kier alpha value is -1.91. The van der Waals surface area contributed by atoms with Gasteiger partial charge in [0.1, 0.15) is 6.10 Å². The Balaban J connectivity index is 2.07. The van der Waals surface area contributed by atoms with Gasteiger partial charge in [0, 0.05) is 24.5 Å². The van der Waals surface area contributed by atoms with E-state index in [1.165, 1.54) is 12.1 Å². The molecule has 1 aromatic carbocycles. The highest BCUT2D eigenvalue weighted by Gasteiger charge is 2.34. The zero-order chi connectivity index (χ0) is 14.9. The van der Waals surface area contributed by atoms with Crippen molar-refractivity contribution in [2.45, 2.75) is 40.2 Å². The van der Waals surface area contributed by atoms with Crippen LogP contribution in [0.2, 0.25) is 0 Å². The molecule has 0 amide bonds. The van der Waals surface area contributed by atoms with Crippen molar-refractivity contribution in [1.29, 1.82) is 0 Å². The quantitative estimate of drug-likeness (QED) is 0.623. The minimum absolute atomic E-state index is 0.0696. The molecule has 1 aliphatic heterocycles. The van der Waals surface area contributed by atoms with Gasteiger partial charge in [-0.25, -0.2) is 0 Å². The van der Waals surface area contributed by atoms with Crippen LogP contribution in [0.1, 0.15) is 39.7 Å². The first kappa shape index (κ1) is 14.5. The number of benzene rings is 1. The molecular weight excluding hydrogens is 256 g/mol. The lowest BCUT2D eigenvalue weighted by molar-refractivity contribution is -0.384. The van der Waals surface area contributed by atoms with Gasteiger partial charge < -0.3 is 4.84 Å². The summed E-state index contributed by atoms with van der Waals surface area (Å²) in [5, 5.41) is 14.8. The number of nitro benzene ring substituents is 1. The van der Waals surface area contributed by atoms with Crippen molar-refractivity contribution in [3.63, 3.8) is 0 Å². The molecule has 2 rings (SSSR count). The number of nitro groups is 1. The van der Waals surface area contributed by atoms with Gasteiger partial charge in [-0.05, 0) is 23.1 Å². The Morgan fingerprint density at radius 3 is 2.45 bits per heavy atom. The topological polar surface area (TPSA) is 64.7 Å². The largest absolute Gasteiger partial charge is 0.392 e. The molecule has 5 nitrogen and oxygen atoms in total. The molecule has 0 saturated carbocycles. The van der Waals surface area contributed by atoms with Crippen molar-refractivity contribution in [3.8, 4) is 0 Å². The minimum atomic E-state index is -0.402. The molecule has 1 aliphatic rings. The number of nitrogens with zero attached hydrogens (tertiary/aromatic N) is 2. The standard InChI is InChI=1S/C15H20N2O3/c1-10(15(2,3)4)14-9-13(16-20-14)11-5-7-12(8-6-11)17(18)19/h5-8,10,14H,9H2,1-4H3/t10-,14-/m1/s1. The van der Waals surface area contributed by atoms with Crippen LogP contribution < -0.4 is 0 Å². The van der Waals surface area contributed by atoms with Crippen molar-refractivity contribution in [2.75, 3.05) is 0 Å². The maximum atomic E-state index is 10.6. The predicted molar refractivity (Wildman–Crippen MR) is 77.7 cm³/mol. The molecule has 0 N–H and O–H groups in total. The van der Waals surface area contributed by atoms with E-state index >= 15 is 0 Å². The Morgan fingerprint density at radius 2 is 1.95 bits per heavy atom. The SMILES string of the molecule is C[C@H]([C@H]1CC(c2ccc([N+](=O)[O-])cc2)=NO1)C(C)(C)C. The maximum absolute atomic E-state index is 10.6. The average Bonchev–Trinajstić information content (AvgIpc) is 2.86. The first-order valence-electron chi connectivity index (χ1n) is 6.76. The van der Waals surface area contributed by atoms with Crippen LogP contribution in [-0.4, -0.2) is 16.7 Å². The Labute approximate surface area is 118 Å². The summed E-state index contributed by atoms with van der Waals surface area (Å²) in [4.78, 5) is 15.8. The number of hydrogen-bond acceptors (Lipinski definition) is 4. The molecule has 2 atom stereocenters. The summed E-state index contributed by atoms with van der Waals surface area (Å²) >= 11 is 0. The summed E-state index contributed by atoms with van der Waals surface area (Å²) in [5.41, 5.74) is 2.00. The Kier molecular flexibility index (Phi) is 3.79. The molecule has 0 spiro atoms. The third-order valence-electron chi connectivity index (χ3n) is 4.03. The number of non-ortho nitro benzene ring substituents is 1. The lowest BCUT2D eigenvalue weighted by Gasteiger charge is -2.30. The number of rotatable bonds is 3. The second kappa shape index (κ2) is 5.23.